The van der Waals surface area contributed by atoms with Crippen molar-refractivity contribution >= 4 is 0 Å². The molecule has 0 spiro atoms. The summed E-state index contributed by atoms with van der Waals surface area (Å²) in [6.07, 6.45) is -5.70. The van der Waals surface area contributed by atoms with Gasteiger partial charge in [0.05, 0.1) is 6.10 Å². The van der Waals surface area contributed by atoms with Crippen molar-refractivity contribution in [1.29, 1.82) is 0 Å². The van der Waals surface area contributed by atoms with Gasteiger partial charge in [0, 0.05) is 6.42 Å². The van der Waals surface area contributed by atoms with Gasteiger partial charge >= 0.3 is 6.18 Å². The lowest BCUT2D eigenvalue weighted by Crippen LogP contribution is -2.21. The minimum absolute atomic E-state index is 0.197. The zero-order valence-electron chi connectivity index (χ0n) is 7.93. The molecule has 0 radical (unpaired) electrons. The number of alkyl halides is 3. The van der Waals surface area contributed by atoms with Crippen LogP contribution in [0.5, 0.6) is 0 Å². The molecule has 0 aliphatic carbocycles. The molecule has 0 rings (SSSR count). The fourth-order valence-corrected chi connectivity index (χ4v) is 0.882. The maximum atomic E-state index is 11.7. The van der Waals surface area contributed by atoms with Crippen molar-refractivity contribution < 1.29 is 18.3 Å². The summed E-state index contributed by atoms with van der Waals surface area (Å²) in [4.78, 5) is 1.83. The molecule has 0 saturated carbocycles. The molecule has 0 aromatic heterocycles. The van der Waals surface area contributed by atoms with Gasteiger partial charge in [-0.25, -0.2) is 0 Å². The van der Waals surface area contributed by atoms with Gasteiger partial charge in [0.1, 0.15) is 0 Å². The van der Waals surface area contributed by atoms with Gasteiger partial charge in [0.2, 0.25) is 0 Å². The molecule has 13 heavy (non-hydrogen) atoms. The number of aliphatic hydroxyl groups is 1. The minimum atomic E-state index is -4.15. The monoisotopic (exact) mass is 199 g/mol. The van der Waals surface area contributed by atoms with Crippen LogP contribution in [0.4, 0.5) is 13.2 Å². The first-order valence-electron chi connectivity index (χ1n) is 4.21. The van der Waals surface area contributed by atoms with Gasteiger partial charge < -0.3 is 10.0 Å². The second-order valence-electron chi connectivity index (χ2n) is 3.40. The first-order valence-corrected chi connectivity index (χ1v) is 4.21. The molecule has 1 atom stereocenters. The van der Waals surface area contributed by atoms with Crippen molar-refractivity contribution in [3.63, 3.8) is 0 Å². The number of hydrogen-bond donors (Lipinski definition) is 1. The second-order valence-corrected chi connectivity index (χ2v) is 3.40. The van der Waals surface area contributed by atoms with Crippen LogP contribution in [0.3, 0.4) is 0 Å². The molecule has 1 N–H and O–H groups in total. The average molecular weight is 199 g/mol. The van der Waals surface area contributed by atoms with Gasteiger partial charge in [0.15, 0.2) is 0 Å². The summed E-state index contributed by atoms with van der Waals surface area (Å²) in [6.45, 7) is 0.610. The lowest BCUT2D eigenvalue weighted by Gasteiger charge is -2.14. The molecule has 0 heterocycles. The van der Waals surface area contributed by atoms with E-state index in [1.54, 1.807) is 0 Å². The first kappa shape index (κ1) is 12.7. The van der Waals surface area contributed by atoms with Crippen LogP contribution in [0, 0.1) is 0 Å². The van der Waals surface area contributed by atoms with E-state index in [0.29, 0.717) is 13.0 Å². The molecule has 0 saturated heterocycles. The van der Waals surface area contributed by atoms with E-state index in [0.717, 1.165) is 0 Å². The second kappa shape index (κ2) is 5.44. The van der Waals surface area contributed by atoms with Crippen LogP contribution in [0.15, 0.2) is 0 Å². The van der Waals surface area contributed by atoms with Crippen LogP contribution in [-0.2, 0) is 0 Å². The maximum Gasteiger partial charge on any atom is 0.389 e. The zero-order valence-corrected chi connectivity index (χ0v) is 7.93. The van der Waals surface area contributed by atoms with Crippen LogP contribution in [0.2, 0.25) is 0 Å². The Morgan fingerprint density at radius 1 is 1.23 bits per heavy atom. The third-order valence-electron chi connectivity index (χ3n) is 1.67. The van der Waals surface area contributed by atoms with Crippen molar-refractivity contribution in [3.05, 3.63) is 0 Å². The molecule has 5 heteroatoms. The smallest absolute Gasteiger partial charge is 0.389 e. The van der Waals surface area contributed by atoms with Crippen molar-refractivity contribution in [1.82, 2.24) is 4.90 Å². The van der Waals surface area contributed by atoms with Crippen LogP contribution >= 0.6 is 0 Å². The van der Waals surface area contributed by atoms with Gasteiger partial charge in [-0.15, -0.1) is 0 Å². The van der Waals surface area contributed by atoms with Crippen LogP contribution < -0.4 is 0 Å². The van der Waals surface area contributed by atoms with E-state index in [1.807, 2.05) is 19.0 Å². The molecule has 1 unspecified atom stereocenters. The van der Waals surface area contributed by atoms with E-state index >= 15 is 0 Å². The summed E-state index contributed by atoms with van der Waals surface area (Å²) in [7, 11) is 3.63. The lowest BCUT2D eigenvalue weighted by atomic mass is 10.1. The highest BCUT2D eigenvalue weighted by atomic mass is 19.4. The van der Waals surface area contributed by atoms with Gasteiger partial charge in [0.25, 0.3) is 0 Å². The minimum Gasteiger partial charge on any atom is -0.393 e. The largest absolute Gasteiger partial charge is 0.393 e. The summed E-state index contributed by atoms with van der Waals surface area (Å²) >= 11 is 0. The molecule has 80 valence electrons. The molecule has 0 fully saturated rings. The normalized spacial score (nSPS) is 15.0. The van der Waals surface area contributed by atoms with E-state index < -0.39 is 18.7 Å². The van der Waals surface area contributed by atoms with E-state index in [1.165, 1.54) is 0 Å². The summed E-state index contributed by atoms with van der Waals surface area (Å²) in [5.74, 6) is 0. The fraction of sp³-hybridized carbons (Fsp3) is 1.00. The Bertz CT molecular complexity index is 136. The van der Waals surface area contributed by atoms with Crippen LogP contribution in [0.25, 0.3) is 0 Å². The number of aliphatic hydroxyl groups excluding tert-OH is 1. The van der Waals surface area contributed by atoms with Crippen molar-refractivity contribution in [2.45, 2.75) is 31.5 Å². The van der Waals surface area contributed by atoms with Crippen molar-refractivity contribution in [2.75, 3.05) is 20.6 Å². The molecule has 0 aromatic carbocycles. The van der Waals surface area contributed by atoms with Crippen LogP contribution in [0.1, 0.15) is 19.3 Å². The Morgan fingerprint density at radius 2 is 1.77 bits per heavy atom. The van der Waals surface area contributed by atoms with Gasteiger partial charge in [-0.05, 0) is 33.5 Å². The number of rotatable bonds is 5. The Labute approximate surface area is 76.3 Å². The topological polar surface area (TPSA) is 23.5 Å². The summed E-state index contributed by atoms with van der Waals surface area (Å²) in [5.41, 5.74) is 0. The third-order valence-corrected chi connectivity index (χ3v) is 1.67. The van der Waals surface area contributed by atoms with Crippen molar-refractivity contribution in [2.24, 2.45) is 0 Å². The standard InChI is InChI=1S/C8H16F3NO/c1-12(2)6-4-7(13)3-5-8(9,10)11/h7,13H,3-6H2,1-2H3. The predicted octanol–water partition coefficient (Wildman–Crippen LogP) is 1.64. The molecular formula is C8H16F3NO. The highest BCUT2D eigenvalue weighted by Crippen LogP contribution is 2.22. The fourth-order valence-electron chi connectivity index (χ4n) is 0.882. The molecule has 0 amide bonds. The Morgan fingerprint density at radius 3 is 2.15 bits per heavy atom. The van der Waals surface area contributed by atoms with E-state index in [2.05, 4.69) is 0 Å². The zero-order chi connectivity index (χ0) is 10.5. The first-order chi connectivity index (χ1) is 5.81. The summed E-state index contributed by atoms with van der Waals surface area (Å²) in [6, 6.07) is 0. The number of hydrogen-bond acceptors (Lipinski definition) is 2. The molecule has 0 bridgehead atoms. The number of nitrogens with zero attached hydrogens (tertiary/aromatic N) is 1. The van der Waals surface area contributed by atoms with Gasteiger partial charge in [-0.2, -0.15) is 13.2 Å². The van der Waals surface area contributed by atoms with E-state index in [9.17, 15) is 13.2 Å². The highest BCUT2D eigenvalue weighted by Gasteiger charge is 2.27. The van der Waals surface area contributed by atoms with Gasteiger partial charge in [-0.3, -0.25) is 0 Å². The summed E-state index contributed by atoms with van der Waals surface area (Å²) in [5, 5.41) is 9.13. The Balaban J connectivity index is 3.46. The lowest BCUT2D eigenvalue weighted by molar-refractivity contribution is -0.140. The highest BCUT2D eigenvalue weighted by molar-refractivity contribution is 4.61. The average Bonchev–Trinajstić information content (AvgIpc) is 1.95. The SMILES string of the molecule is CN(C)CCC(O)CCC(F)(F)F. The molecular weight excluding hydrogens is 183 g/mol. The molecule has 2 nitrogen and oxygen atoms in total. The third kappa shape index (κ3) is 9.63. The maximum absolute atomic E-state index is 11.7. The quantitative estimate of drug-likeness (QED) is 0.727. The van der Waals surface area contributed by atoms with E-state index in [-0.39, 0.29) is 6.42 Å². The summed E-state index contributed by atoms with van der Waals surface area (Å²) < 4.78 is 35.1. The van der Waals surface area contributed by atoms with Gasteiger partial charge in [-0.1, -0.05) is 0 Å². The predicted molar refractivity (Wildman–Crippen MR) is 44.5 cm³/mol. The Kier molecular flexibility index (Phi) is 5.32. The molecule has 0 aliphatic rings. The molecule has 0 aliphatic heterocycles. The van der Waals surface area contributed by atoms with Crippen molar-refractivity contribution in [3.8, 4) is 0 Å². The van der Waals surface area contributed by atoms with Crippen LogP contribution in [-0.4, -0.2) is 42.9 Å². The Hall–Kier alpha value is -0.290. The molecule has 0 aromatic rings. The number of halogens is 3. The van der Waals surface area contributed by atoms with E-state index in [4.69, 9.17) is 5.11 Å².